The van der Waals surface area contributed by atoms with Gasteiger partial charge < -0.3 is 47.4 Å². The summed E-state index contributed by atoms with van der Waals surface area (Å²) in [7, 11) is 0. The van der Waals surface area contributed by atoms with Crippen LogP contribution in [0.1, 0.15) is 6.92 Å². The number of hydrogen-bond acceptors (Lipinski definition) is 10. The van der Waals surface area contributed by atoms with Gasteiger partial charge in [0.25, 0.3) is 0 Å². The lowest BCUT2D eigenvalue weighted by molar-refractivity contribution is -0.0789. The average molecular weight is 459 g/mol. The SMILES string of the molecule is CC(CO[C@H]1CO[C@H]2[C@@H]1OC[C@H]2OCC1CO1)CO[C@H]1CO[C@H]2[C@@H]1OC[C@H]2OCC1CO1. The predicted molar refractivity (Wildman–Crippen MR) is 107 cm³/mol. The van der Waals surface area contributed by atoms with E-state index in [-0.39, 0.29) is 67.0 Å². The zero-order valence-corrected chi connectivity index (χ0v) is 18.5. The molecule has 0 aliphatic carbocycles. The number of hydrogen-bond donors (Lipinski definition) is 0. The molecule has 6 rings (SSSR count). The van der Waals surface area contributed by atoms with E-state index in [0.717, 1.165) is 13.2 Å². The summed E-state index contributed by atoms with van der Waals surface area (Å²) in [5, 5.41) is 0. The third kappa shape index (κ3) is 5.00. The molecule has 2 unspecified atom stereocenters. The van der Waals surface area contributed by atoms with E-state index in [9.17, 15) is 0 Å². The van der Waals surface area contributed by atoms with Gasteiger partial charge in [0.05, 0.1) is 66.1 Å². The maximum atomic E-state index is 6.14. The van der Waals surface area contributed by atoms with Crippen LogP contribution in [0.25, 0.3) is 0 Å². The van der Waals surface area contributed by atoms with E-state index in [1.165, 1.54) is 0 Å². The van der Waals surface area contributed by atoms with Gasteiger partial charge in [-0.2, -0.15) is 0 Å². The Balaban J connectivity index is 0.890. The summed E-state index contributed by atoms with van der Waals surface area (Å²) in [4.78, 5) is 0. The van der Waals surface area contributed by atoms with Crippen molar-refractivity contribution in [1.29, 1.82) is 0 Å². The molecule has 6 saturated heterocycles. The average Bonchev–Trinajstić information content (AvgIpc) is 3.62. The third-order valence-electron chi connectivity index (χ3n) is 6.91. The highest BCUT2D eigenvalue weighted by Gasteiger charge is 2.50. The molecule has 0 aromatic heterocycles. The molecule has 0 radical (unpaired) electrons. The van der Waals surface area contributed by atoms with E-state index in [0.29, 0.717) is 52.9 Å². The molecule has 0 aromatic carbocycles. The van der Waals surface area contributed by atoms with Gasteiger partial charge in [0.15, 0.2) is 0 Å². The van der Waals surface area contributed by atoms with Crippen LogP contribution in [0.15, 0.2) is 0 Å². The molecule has 6 aliphatic heterocycles. The van der Waals surface area contributed by atoms with Crippen LogP contribution in [0.3, 0.4) is 0 Å². The summed E-state index contributed by atoms with van der Waals surface area (Å²) in [5.41, 5.74) is 0. The van der Waals surface area contributed by atoms with E-state index >= 15 is 0 Å². The molecule has 10 nitrogen and oxygen atoms in total. The number of epoxide rings is 2. The van der Waals surface area contributed by atoms with Crippen molar-refractivity contribution in [2.45, 2.75) is 68.0 Å². The van der Waals surface area contributed by atoms with Crippen molar-refractivity contribution in [3.05, 3.63) is 0 Å². The van der Waals surface area contributed by atoms with Crippen molar-refractivity contribution in [1.82, 2.24) is 0 Å². The van der Waals surface area contributed by atoms with Crippen LogP contribution in [0.5, 0.6) is 0 Å². The monoisotopic (exact) mass is 458 g/mol. The van der Waals surface area contributed by atoms with Gasteiger partial charge in [0.1, 0.15) is 61.0 Å². The molecule has 0 N–H and O–H groups in total. The first-order valence-electron chi connectivity index (χ1n) is 11.9. The van der Waals surface area contributed by atoms with Gasteiger partial charge in [-0.25, -0.2) is 0 Å². The summed E-state index contributed by atoms with van der Waals surface area (Å²) in [5.74, 6) is 0.231. The fourth-order valence-corrected chi connectivity index (χ4v) is 4.84. The molecule has 0 spiro atoms. The van der Waals surface area contributed by atoms with Crippen molar-refractivity contribution < 1.29 is 47.4 Å². The summed E-state index contributed by atoms with van der Waals surface area (Å²) >= 11 is 0. The molecule has 6 fully saturated rings. The quantitative estimate of drug-likeness (QED) is 0.358. The van der Waals surface area contributed by atoms with Crippen LogP contribution in [0, 0.1) is 5.92 Å². The Morgan fingerprint density at radius 1 is 0.531 bits per heavy atom. The van der Waals surface area contributed by atoms with Crippen molar-refractivity contribution >= 4 is 0 Å². The highest BCUT2D eigenvalue weighted by atomic mass is 16.7. The molecular weight excluding hydrogens is 424 g/mol. The fraction of sp³-hybridized carbons (Fsp3) is 1.00. The highest BCUT2D eigenvalue weighted by Crippen LogP contribution is 2.33. The van der Waals surface area contributed by atoms with Gasteiger partial charge in [0.2, 0.25) is 0 Å². The van der Waals surface area contributed by atoms with E-state index in [2.05, 4.69) is 6.92 Å². The van der Waals surface area contributed by atoms with Gasteiger partial charge in [0, 0.05) is 5.92 Å². The molecule has 32 heavy (non-hydrogen) atoms. The normalized spacial score (nSPS) is 47.5. The summed E-state index contributed by atoms with van der Waals surface area (Å²) in [6, 6.07) is 0. The molecule has 10 atom stereocenters. The Bertz CT molecular complexity index is 576. The maximum Gasteiger partial charge on any atom is 0.115 e. The minimum atomic E-state index is -0.0704. The lowest BCUT2D eigenvalue weighted by atomic mass is 10.1. The zero-order chi connectivity index (χ0) is 21.5. The molecule has 0 amide bonds. The van der Waals surface area contributed by atoms with Gasteiger partial charge in [-0.05, 0) is 0 Å². The van der Waals surface area contributed by atoms with Crippen LogP contribution in [0.2, 0.25) is 0 Å². The first-order chi connectivity index (χ1) is 15.7. The van der Waals surface area contributed by atoms with Crippen LogP contribution in [-0.2, 0) is 47.4 Å². The van der Waals surface area contributed by atoms with E-state index in [1.807, 2.05) is 0 Å². The molecule has 6 heterocycles. The number of rotatable bonds is 12. The lowest BCUT2D eigenvalue weighted by Crippen LogP contribution is -2.36. The second-order valence-electron chi connectivity index (χ2n) is 9.69. The lowest BCUT2D eigenvalue weighted by Gasteiger charge is -2.22. The van der Waals surface area contributed by atoms with E-state index < -0.39 is 0 Å². The first-order valence-corrected chi connectivity index (χ1v) is 11.9. The highest BCUT2D eigenvalue weighted by molar-refractivity contribution is 4.97. The zero-order valence-electron chi connectivity index (χ0n) is 18.5. The van der Waals surface area contributed by atoms with Gasteiger partial charge in [-0.1, -0.05) is 6.92 Å². The van der Waals surface area contributed by atoms with Crippen LogP contribution < -0.4 is 0 Å². The predicted octanol–water partition coefficient (Wildman–Crippen LogP) is -0.444. The van der Waals surface area contributed by atoms with Crippen LogP contribution in [0.4, 0.5) is 0 Å². The van der Waals surface area contributed by atoms with Crippen LogP contribution in [-0.4, -0.2) is 127 Å². The Kier molecular flexibility index (Phi) is 6.69. The largest absolute Gasteiger partial charge is 0.373 e. The van der Waals surface area contributed by atoms with Crippen molar-refractivity contribution in [2.75, 3.05) is 66.1 Å². The van der Waals surface area contributed by atoms with Crippen LogP contribution >= 0.6 is 0 Å². The van der Waals surface area contributed by atoms with Gasteiger partial charge in [-0.15, -0.1) is 0 Å². The maximum absolute atomic E-state index is 6.14. The topological polar surface area (TPSA) is 98.9 Å². The number of fused-ring (bicyclic) bond motifs is 2. The van der Waals surface area contributed by atoms with Gasteiger partial charge >= 0.3 is 0 Å². The summed E-state index contributed by atoms with van der Waals surface area (Å²) < 4.78 is 58.2. The molecule has 10 heteroatoms. The third-order valence-corrected chi connectivity index (χ3v) is 6.91. The molecule has 0 bridgehead atoms. The smallest absolute Gasteiger partial charge is 0.115 e. The Labute approximate surface area is 188 Å². The van der Waals surface area contributed by atoms with Crippen molar-refractivity contribution in [3.63, 3.8) is 0 Å². The van der Waals surface area contributed by atoms with Crippen molar-refractivity contribution in [3.8, 4) is 0 Å². The fourth-order valence-electron chi connectivity index (χ4n) is 4.84. The van der Waals surface area contributed by atoms with E-state index in [4.69, 9.17) is 47.4 Å². The van der Waals surface area contributed by atoms with Crippen molar-refractivity contribution in [2.24, 2.45) is 5.92 Å². The van der Waals surface area contributed by atoms with E-state index in [1.54, 1.807) is 0 Å². The Morgan fingerprint density at radius 2 is 0.875 bits per heavy atom. The first kappa shape index (κ1) is 22.1. The Morgan fingerprint density at radius 3 is 1.22 bits per heavy atom. The van der Waals surface area contributed by atoms with Gasteiger partial charge in [-0.3, -0.25) is 0 Å². The molecule has 0 aromatic rings. The molecule has 182 valence electrons. The second kappa shape index (κ2) is 9.69. The molecular formula is C22H34O10. The second-order valence-corrected chi connectivity index (χ2v) is 9.69. The summed E-state index contributed by atoms with van der Waals surface area (Å²) in [6.45, 7) is 8.24. The Hall–Kier alpha value is -0.400. The minimum absolute atomic E-state index is 0.0371. The molecule has 6 aliphatic rings. The standard InChI is InChI=1S/C22H34O10/c1-12(2-25-15-8-29-21-17(10-31-19(15)21)27-6-13-4-23-13)3-26-16-9-30-22-18(11-32-20(16)22)28-7-14-5-24-14/h12-22H,2-11H2,1H3/t12?,13?,14?,15-,16-,17+,18+,19+,20+,21+,22+/m0/s1. The summed E-state index contributed by atoms with van der Waals surface area (Å²) in [6.07, 6.45) is 0.0264. The molecule has 0 saturated carbocycles. The minimum Gasteiger partial charge on any atom is -0.373 e. The number of ether oxygens (including phenoxy) is 10.